The second kappa shape index (κ2) is 7.64. The predicted molar refractivity (Wildman–Crippen MR) is 129 cm³/mol. The summed E-state index contributed by atoms with van der Waals surface area (Å²) in [4.78, 5) is 18.2. The highest BCUT2D eigenvalue weighted by molar-refractivity contribution is 5.99. The van der Waals surface area contributed by atoms with Crippen molar-refractivity contribution >= 4 is 17.2 Å². The van der Waals surface area contributed by atoms with Crippen molar-refractivity contribution in [3.05, 3.63) is 114 Å². The molecule has 0 saturated carbocycles. The molecule has 3 aromatic carbocycles. The molecule has 5 heteroatoms. The summed E-state index contributed by atoms with van der Waals surface area (Å²) in [6, 6.07) is 27.3. The molecule has 0 unspecified atom stereocenters. The van der Waals surface area contributed by atoms with Crippen molar-refractivity contribution in [2.75, 3.05) is 5.32 Å². The lowest BCUT2D eigenvalue weighted by atomic mass is 9.87. The summed E-state index contributed by atoms with van der Waals surface area (Å²) in [6.07, 6.45) is 4.02. The van der Waals surface area contributed by atoms with E-state index in [1.165, 1.54) is 0 Å². The highest BCUT2D eigenvalue weighted by atomic mass is 16.5. The number of ether oxygens (including phenoxy) is 1. The maximum atomic E-state index is 13.4. The number of anilines is 1. The van der Waals surface area contributed by atoms with Crippen LogP contribution in [0.25, 0.3) is 16.9 Å². The normalized spacial score (nSPS) is 12.6. The molecule has 1 N–H and O–H groups in total. The van der Waals surface area contributed by atoms with Crippen LogP contribution in [0.15, 0.2) is 97.3 Å². The fourth-order valence-electron chi connectivity index (χ4n) is 4.42. The Labute approximate surface area is 191 Å². The summed E-state index contributed by atoms with van der Waals surface area (Å²) in [7, 11) is 0. The quantitative estimate of drug-likeness (QED) is 0.371. The molecule has 3 heterocycles. The Bertz CT molecular complexity index is 1460. The number of aryl methyl sites for hydroxylation is 1. The first kappa shape index (κ1) is 19.3. The topological polar surface area (TPSA) is 55.6 Å². The van der Waals surface area contributed by atoms with Gasteiger partial charge in [-0.05, 0) is 42.8 Å². The Morgan fingerprint density at radius 2 is 1.55 bits per heavy atom. The molecule has 1 amide bonds. The molecule has 0 spiro atoms. The first-order valence-corrected chi connectivity index (χ1v) is 10.9. The average Bonchev–Trinajstić information content (AvgIpc) is 3.29. The number of aromatic nitrogens is 2. The molecule has 5 aromatic rings. The number of hydrogen-bond donors (Lipinski definition) is 1. The number of imidazole rings is 1. The highest BCUT2D eigenvalue weighted by Gasteiger charge is 2.32. The first-order chi connectivity index (χ1) is 16.2. The van der Waals surface area contributed by atoms with Gasteiger partial charge in [0.15, 0.2) is 0 Å². The lowest BCUT2D eigenvalue weighted by Crippen LogP contribution is -2.25. The molecule has 0 atom stereocenters. The minimum atomic E-state index is -0.438. The predicted octanol–water partition coefficient (Wildman–Crippen LogP) is 6.19. The van der Waals surface area contributed by atoms with Crippen molar-refractivity contribution in [2.24, 2.45) is 0 Å². The van der Waals surface area contributed by atoms with E-state index in [1.54, 1.807) is 0 Å². The van der Waals surface area contributed by atoms with E-state index in [-0.39, 0.29) is 5.91 Å². The summed E-state index contributed by atoms with van der Waals surface area (Å²) < 4.78 is 8.05. The smallest absolute Gasteiger partial charge is 0.236 e. The summed E-state index contributed by atoms with van der Waals surface area (Å²) in [5.74, 6) is 0.907. The number of nitrogens with one attached hydrogen (secondary N) is 1. The lowest BCUT2D eigenvalue weighted by molar-refractivity contribution is -0.116. The van der Waals surface area contributed by atoms with Gasteiger partial charge in [0.2, 0.25) is 5.91 Å². The maximum absolute atomic E-state index is 13.4. The van der Waals surface area contributed by atoms with Gasteiger partial charge in [-0.25, -0.2) is 4.98 Å². The van der Waals surface area contributed by atoms with Gasteiger partial charge in [0.25, 0.3) is 0 Å². The van der Waals surface area contributed by atoms with E-state index in [9.17, 15) is 4.79 Å². The second-order valence-electron chi connectivity index (χ2n) is 8.23. The van der Waals surface area contributed by atoms with E-state index < -0.39 is 5.92 Å². The minimum absolute atomic E-state index is 0.0886. The number of rotatable bonds is 3. The lowest BCUT2D eigenvalue weighted by Gasteiger charge is -2.27. The minimum Gasteiger partial charge on any atom is -0.457 e. The van der Waals surface area contributed by atoms with Crippen LogP contribution in [0.1, 0.15) is 22.6 Å². The average molecular weight is 431 g/mol. The number of hydrogen-bond acceptors (Lipinski definition) is 3. The molecular weight excluding hydrogens is 410 g/mol. The van der Waals surface area contributed by atoms with Gasteiger partial charge in [-0.3, -0.25) is 4.79 Å². The molecule has 160 valence electrons. The van der Waals surface area contributed by atoms with E-state index in [0.29, 0.717) is 11.5 Å². The van der Waals surface area contributed by atoms with Crippen LogP contribution in [-0.4, -0.2) is 15.3 Å². The van der Waals surface area contributed by atoms with Crippen LogP contribution in [0.3, 0.4) is 0 Å². The van der Waals surface area contributed by atoms with E-state index in [0.717, 1.165) is 39.3 Å². The van der Waals surface area contributed by atoms with E-state index >= 15 is 0 Å². The summed E-state index contributed by atoms with van der Waals surface area (Å²) in [5.41, 5.74) is 6.44. The number of carbonyl (C=O) groups excluding carboxylic acids is 1. The first-order valence-electron chi connectivity index (χ1n) is 10.9. The van der Waals surface area contributed by atoms with Gasteiger partial charge in [0.1, 0.15) is 17.1 Å². The van der Waals surface area contributed by atoms with Crippen molar-refractivity contribution in [3.8, 4) is 22.8 Å². The van der Waals surface area contributed by atoms with E-state index in [4.69, 9.17) is 9.72 Å². The summed E-state index contributed by atoms with van der Waals surface area (Å²) in [6.45, 7) is 2.05. The zero-order valence-electron chi connectivity index (χ0n) is 18.0. The van der Waals surface area contributed by atoms with Gasteiger partial charge < -0.3 is 14.5 Å². The Balaban J connectivity index is 1.29. The third-order valence-electron chi connectivity index (χ3n) is 6.07. The van der Waals surface area contributed by atoms with Crippen LogP contribution >= 0.6 is 0 Å². The number of fused-ring (bicyclic) bond motifs is 3. The Morgan fingerprint density at radius 1 is 0.879 bits per heavy atom. The highest BCUT2D eigenvalue weighted by Crippen LogP contribution is 2.44. The monoisotopic (exact) mass is 431 g/mol. The molecule has 2 aromatic heterocycles. The molecular formula is C28H21N3O2. The largest absolute Gasteiger partial charge is 0.457 e. The van der Waals surface area contributed by atoms with Crippen molar-refractivity contribution in [1.29, 1.82) is 0 Å². The number of pyridine rings is 1. The third kappa shape index (κ3) is 3.34. The summed E-state index contributed by atoms with van der Waals surface area (Å²) in [5, 5.41) is 3.09. The molecule has 6 rings (SSSR count). The van der Waals surface area contributed by atoms with Crippen LogP contribution in [0.2, 0.25) is 0 Å². The van der Waals surface area contributed by atoms with Gasteiger partial charge >= 0.3 is 0 Å². The molecule has 1 aliphatic heterocycles. The Morgan fingerprint density at radius 3 is 2.21 bits per heavy atom. The molecule has 5 nitrogen and oxygen atoms in total. The van der Waals surface area contributed by atoms with E-state index in [1.807, 2.05) is 95.7 Å². The van der Waals surface area contributed by atoms with Gasteiger partial charge in [0, 0.05) is 34.8 Å². The van der Waals surface area contributed by atoms with Crippen LogP contribution in [0, 0.1) is 6.92 Å². The fraction of sp³-hybridized carbons (Fsp3) is 0.0714. The van der Waals surface area contributed by atoms with Crippen molar-refractivity contribution < 1.29 is 9.53 Å². The van der Waals surface area contributed by atoms with Crippen LogP contribution in [-0.2, 0) is 4.79 Å². The summed E-state index contributed by atoms with van der Waals surface area (Å²) >= 11 is 0. The Hall–Kier alpha value is -4.38. The molecule has 0 bridgehead atoms. The van der Waals surface area contributed by atoms with Crippen molar-refractivity contribution in [1.82, 2.24) is 9.38 Å². The van der Waals surface area contributed by atoms with Crippen LogP contribution < -0.4 is 10.1 Å². The molecule has 0 aliphatic carbocycles. The van der Waals surface area contributed by atoms with Crippen molar-refractivity contribution in [2.45, 2.75) is 12.8 Å². The molecule has 33 heavy (non-hydrogen) atoms. The SMILES string of the molecule is Cc1cccn2cc(-c3ccc(NC(=O)C4c5ccccc5Oc5ccccc54)cc3)nc12. The number of carbonyl (C=O) groups is 1. The van der Waals surface area contributed by atoms with Crippen LogP contribution in [0.4, 0.5) is 5.69 Å². The van der Waals surface area contributed by atoms with Gasteiger partial charge in [0.05, 0.1) is 11.6 Å². The molecule has 0 fully saturated rings. The fourth-order valence-corrected chi connectivity index (χ4v) is 4.42. The zero-order valence-corrected chi connectivity index (χ0v) is 18.0. The molecule has 1 aliphatic rings. The zero-order chi connectivity index (χ0) is 22.4. The molecule has 0 saturated heterocycles. The molecule has 0 radical (unpaired) electrons. The third-order valence-corrected chi connectivity index (χ3v) is 6.07. The van der Waals surface area contributed by atoms with Gasteiger partial charge in [-0.1, -0.05) is 54.6 Å². The van der Waals surface area contributed by atoms with Crippen molar-refractivity contribution in [3.63, 3.8) is 0 Å². The number of nitrogens with zero attached hydrogens (tertiary/aromatic N) is 2. The number of para-hydroxylation sites is 2. The number of benzene rings is 3. The Kier molecular flexibility index (Phi) is 4.47. The van der Waals surface area contributed by atoms with E-state index in [2.05, 4.69) is 18.3 Å². The second-order valence-corrected chi connectivity index (χ2v) is 8.23. The van der Waals surface area contributed by atoms with Crippen LogP contribution in [0.5, 0.6) is 11.5 Å². The maximum Gasteiger partial charge on any atom is 0.236 e. The standard InChI is InChI=1S/C28H21N3O2/c1-18-7-6-16-31-17-23(30-27(18)31)19-12-14-20(15-13-19)29-28(32)26-21-8-2-4-10-24(21)33-25-11-5-3-9-22(25)26/h2-17,26H,1H3,(H,29,32). The van der Waals surface area contributed by atoms with Gasteiger partial charge in [-0.15, -0.1) is 0 Å². The number of amides is 1. The van der Waals surface area contributed by atoms with Gasteiger partial charge in [-0.2, -0.15) is 0 Å².